The highest BCUT2D eigenvalue weighted by molar-refractivity contribution is 7.11. The summed E-state index contributed by atoms with van der Waals surface area (Å²) in [5, 5.41) is 3.95. The number of hydrogen-bond donors (Lipinski definition) is 1. The Hall–Kier alpha value is -1.40. The van der Waals surface area contributed by atoms with Gasteiger partial charge in [0.2, 0.25) is 0 Å². The van der Waals surface area contributed by atoms with E-state index in [4.69, 9.17) is 0 Å². The number of aromatic nitrogens is 1. The van der Waals surface area contributed by atoms with Gasteiger partial charge in [0, 0.05) is 4.88 Å². The Morgan fingerprint density at radius 2 is 1.95 bits per heavy atom. The number of halogens is 3. The first-order valence-corrected chi connectivity index (χ1v) is 7.78. The molecular weight excluding hydrogens is 297 g/mol. The van der Waals surface area contributed by atoms with E-state index < -0.39 is 23.5 Å². The van der Waals surface area contributed by atoms with Crippen LogP contribution < -0.4 is 5.32 Å². The van der Waals surface area contributed by atoms with E-state index in [0.29, 0.717) is 12.1 Å². The number of nitrogens with zero attached hydrogens (tertiary/aromatic N) is 1. The first-order valence-electron chi connectivity index (χ1n) is 6.96. The van der Waals surface area contributed by atoms with Crippen molar-refractivity contribution in [2.75, 3.05) is 6.54 Å². The van der Waals surface area contributed by atoms with Crippen LogP contribution in [0.15, 0.2) is 12.1 Å². The number of hydrogen-bond acceptors (Lipinski definition) is 3. The Bertz CT molecular complexity index is 624. The van der Waals surface area contributed by atoms with Gasteiger partial charge in [-0.3, -0.25) is 0 Å². The molecule has 0 bridgehead atoms. The van der Waals surface area contributed by atoms with E-state index in [1.807, 2.05) is 6.92 Å². The number of benzene rings is 1. The van der Waals surface area contributed by atoms with Crippen LogP contribution in [0.25, 0.3) is 0 Å². The molecule has 1 N–H and O–H groups in total. The third-order valence-corrected chi connectivity index (χ3v) is 4.83. The molecule has 0 saturated carbocycles. The fourth-order valence-corrected chi connectivity index (χ4v) is 3.88. The lowest BCUT2D eigenvalue weighted by atomic mass is 10.1. The van der Waals surface area contributed by atoms with Crippen molar-refractivity contribution in [3.8, 4) is 0 Å². The lowest BCUT2D eigenvalue weighted by Gasteiger charge is -2.16. The lowest BCUT2D eigenvalue weighted by Crippen LogP contribution is -2.22. The van der Waals surface area contributed by atoms with Gasteiger partial charge in [0.1, 0.15) is 5.01 Å². The normalized spacial score (nSPS) is 15.2. The quantitative estimate of drug-likeness (QED) is 0.870. The van der Waals surface area contributed by atoms with Gasteiger partial charge in [-0.15, -0.1) is 11.3 Å². The molecule has 1 aliphatic rings. The molecule has 2 nitrogen and oxygen atoms in total. The van der Waals surface area contributed by atoms with Crippen LogP contribution in [0, 0.1) is 17.5 Å². The van der Waals surface area contributed by atoms with E-state index in [1.54, 1.807) is 11.3 Å². The van der Waals surface area contributed by atoms with Crippen LogP contribution in [-0.2, 0) is 12.8 Å². The summed E-state index contributed by atoms with van der Waals surface area (Å²) in [6.45, 7) is 2.53. The van der Waals surface area contributed by atoms with E-state index in [1.165, 1.54) is 4.88 Å². The predicted octanol–water partition coefficient (Wildman–Crippen LogP) is 3.75. The number of rotatable bonds is 4. The van der Waals surface area contributed by atoms with Crippen LogP contribution in [0.2, 0.25) is 0 Å². The van der Waals surface area contributed by atoms with Gasteiger partial charge in [-0.2, -0.15) is 0 Å². The molecule has 21 heavy (non-hydrogen) atoms. The average Bonchev–Trinajstić information content (AvgIpc) is 3.02. The van der Waals surface area contributed by atoms with Crippen LogP contribution >= 0.6 is 11.3 Å². The summed E-state index contributed by atoms with van der Waals surface area (Å²) in [5.74, 6) is -3.77. The zero-order valence-corrected chi connectivity index (χ0v) is 12.4. The minimum Gasteiger partial charge on any atom is -0.305 e. The van der Waals surface area contributed by atoms with E-state index in [9.17, 15) is 13.2 Å². The molecule has 0 saturated heterocycles. The summed E-state index contributed by atoms with van der Waals surface area (Å²) >= 11 is 1.57. The minimum absolute atomic E-state index is 0.362. The van der Waals surface area contributed by atoms with Gasteiger partial charge in [-0.1, -0.05) is 6.92 Å². The Kier molecular flexibility index (Phi) is 3.99. The summed E-state index contributed by atoms with van der Waals surface area (Å²) in [7, 11) is 0. The number of aryl methyl sites for hydroxylation is 2. The third-order valence-electron chi connectivity index (χ3n) is 3.61. The minimum atomic E-state index is -1.43. The molecule has 1 aliphatic carbocycles. The second-order valence-corrected chi connectivity index (χ2v) is 6.18. The predicted molar refractivity (Wildman–Crippen MR) is 76.0 cm³/mol. The van der Waals surface area contributed by atoms with Gasteiger partial charge in [0.15, 0.2) is 17.5 Å². The zero-order valence-electron chi connectivity index (χ0n) is 11.5. The van der Waals surface area contributed by atoms with Crippen molar-refractivity contribution in [2.45, 2.75) is 32.2 Å². The first-order chi connectivity index (χ1) is 10.1. The maximum atomic E-state index is 13.5. The maximum absolute atomic E-state index is 13.5. The standard InChI is InChI=1S/C15H15F3N2S/c1-2-19-14(8-6-9(16)13(18)10(17)7-8)15-20-11-4-3-5-12(11)21-15/h6-7,14,19H,2-5H2,1H3. The van der Waals surface area contributed by atoms with E-state index in [2.05, 4.69) is 10.3 Å². The van der Waals surface area contributed by atoms with Crippen LogP contribution in [-0.4, -0.2) is 11.5 Å². The second kappa shape index (κ2) is 5.77. The smallest absolute Gasteiger partial charge is 0.194 e. The highest BCUT2D eigenvalue weighted by atomic mass is 32.1. The fraction of sp³-hybridized carbons (Fsp3) is 0.400. The SMILES string of the molecule is CCNC(c1cc(F)c(F)c(F)c1)c1nc2c(s1)CCC2. The van der Waals surface area contributed by atoms with Crippen molar-refractivity contribution in [1.29, 1.82) is 0 Å². The largest absolute Gasteiger partial charge is 0.305 e. The molecule has 0 spiro atoms. The summed E-state index contributed by atoms with van der Waals surface area (Å²) in [5.41, 5.74) is 1.45. The van der Waals surface area contributed by atoms with Gasteiger partial charge in [0.05, 0.1) is 11.7 Å². The van der Waals surface area contributed by atoms with Gasteiger partial charge >= 0.3 is 0 Å². The molecule has 112 valence electrons. The highest BCUT2D eigenvalue weighted by Crippen LogP contribution is 2.33. The Labute approximate surface area is 125 Å². The summed E-state index contributed by atoms with van der Waals surface area (Å²) in [4.78, 5) is 5.83. The molecule has 6 heteroatoms. The zero-order chi connectivity index (χ0) is 15.0. The van der Waals surface area contributed by atoms with Crippen LogP contribution in [0.3, 0.4) is 0 Å². The Morgan fingerprint density at radius 3 is 2.57 bits per heavy atom. The van der Waals surface area contributed by atoms with Gasteiger partial charge in [-0.25, -0.2) is 18.2 Å². The highest BCUT2D eigenvalue weighted by Gasteiger charge is 2.24. The van der Waals surface area contributed by atoms with E-state index in [0.717, 1.165) is 42.1 Å². The van der Waals surface area contributed by atoms with Crippen molar-refractivity contribution >= 4 is 11.3 Å². The van der Waals surface area contributed by atoms with Crippen molar-refractivity contribution < 1.29 is 13.2 Å². The van der Waals surface area contributed by atoms with Crippen LogP contribution in [0.4, 0.5) is 13.2 Å². The molecule has 1 heterocycles. The lowest BCUT2D eigenvalue weighted by molar-refractivity contribution is 0.442. The fourth-order valence-electron chi connectivity index (χ4n) is 2.63. The molecule has 1 unspecified atom stereocenters. The maximum Gasteiger partial charge on any atom is 0.194 e. The average molecular weight is 312 g/mol. The Morgan fingerprint density at radius 1 is 1.24 bits per heavy atom. The van der Waals surface area contributed by atoms with Crippen molar-refractivity contribution in [2.24, 2.45) is 0 Å². The number of fused-ring (bicyclic) bond motifs is 1. The van der Waals surface area contributed by atoms with E-state index >= 15 is 0 Å². The molecule has 1 aromatic carbocycles. The second-order valence-electron chi connectivity index (χ2n) is 5.06. The molecule has 0 amide bonds. The summed E-state index contributed by atoms with van der Waals surface area (Å²) in [6.07, 6.45) is 3.08. The van der Waals surface area contributed by atoms with Crippen LogP contribution in [0.5, 0.6) is 0 Å². The van der Waals surface area contributed by atoms with Gasteiger partial charge in [0.25, 0.3) is 0 Å². The molecular formula is C15H15F3N2S. The van der Waals surface area contributed by atoms with E-state index in [-0.39, 0.29) is 0 Å². The van der Waals surface area contributed by atoms with Crippen molar-refractivity contribution in [1.82, 2.24) is 10.3 Å². The summed E-state index contributed by atoms with van der Waals surface area (Å²) in [6, 6.07) is 1.67. The van der Waals surface area contributed by atoms with Crippen molar-refractivity contribution in [3.63, 3.8) is 0 Å². The first kappa shape index (κ1) is 14.5. The van der Waals surface area contributed by atoms with Gasteiger partial charge < -0.3 is 5.32 Å². The molecule has 3 rings (SSSR count). The molecule has 0 radical (unpaired) electrons. The molecule has 2 aromatic rings. The van der Waals surface area contributed by atoms with Crippen molar-refractivity contribution in [3.05, 3.63) is 50.7 Å². The Balaban J connectivity index is 2.01. The molecule has 0 aliphatic heterocycles. The third kappa shape index (κ3) is 2.70. The van der Waals surface area contributed by atoms with Crippen LogP contribution in [0.1, 0.15) is 40.5 Å². The number of nitrogens with one attached hydrogen (secondary N) is 1. The number of thiazole rings is 1. The topological polar surface area (TPSA) is 24.9 Å². The monoisotopic (exact) mass is 312 g/mol. The summed E-state index contributed by atoms with van der Waals surface area (Å²) < 4.78 is 40.0. The molecule has 0 fully saturated rings. The van der Waals surface area contributed by atoms with Gasteiger partial charge in [-0.05, 0) is 43.5 Å². The molecule has 1 atom stereocenters. The molecule has 1 aromatic heterocycles.